The minimum Gasteiger partial charge on any atom is -0.370 e. The Bertz CT molecular complexity index is 754. The summed E-state index contributed by atoms with van der Waals surface area (Å²) in [6.07, 6.45) is 2.56. The van der Waals surface area contributed by atoms with Crippen LogP contribution >= 0.6 is 0 Å². The third kappa shape index (κ3) is 4.14. The van der Waals surface area contributed by atoms with Crippen LogP contribution in [-0.2, 0) is 4.79 Å². The summed E-state index contributed by atoms with van der Waals surface area (Å²) in [4.78, 5) is 18.3. The molecule has 3 N–H and O–H groups in total. The van der Waals surface area contributed by atoms with Gasteiger partial charge in [-0.3, -0.25) is 9.69 Å². The Morgan fingerprint density at radius 3 is 2.80 bits per heavy atom. The van der Waals surface area contributed by atoms with Gasteiger partial charge in [-0.1, -0.05) is 30.3 Å². The number of nitrogens with one attached hydrogen (secondary N) is 1. The zero-order chi connectivity index (χ0) is 17.6. The lowest BCUT2D eigenvalue weighted by atomic mass is 10.0. The fourth-order valence-corrected chi connectivity index (χ4v) is 3.27. The summed E-state index contributed by atoms with van der Waals surface area (Å²) in [6.45, 7) is 2.43. The number of pyridine rings is 1. The first-order valence-corrected chi connectivity index (χ1v) is 8.35. The Morgan fingerprint density at radius 1 is 1.36 bits per heavy atom. The lowest BCUT2D eigenvalue weighted by Crippen LogP contribution is -2.36. The van der Waals surface area contributed by atoms with Crippen molar-refractivity contribution in [1.82, 2.24) is 9.88 Å². The van der Waals surface area contributed by atoms with Crippen molar-refractivity contribution in [3.05, 3.63) is 59.8 Å². The van der Waals surface area contributed by atoms with E-state index in [0.29, 0.717) is 11.5 Å². The molecule has 6 nitrogen and oxygen atoms in total. The van der Waals surface area contributed by atoms with Gasteiger partial charge < -0.3 is 11.1 Å². The first kappa shape index (κ1) is 16.9. The van der Waals surface area contributed by atoms with Crippen LogP contribution in [0.5, 0.6) is 0 Å². The highest BCUT2D eigenvalue weighted by Gasteiger charge is 2.32. The van der Waals surface area contributed by atoms with Crippen molar-refractivity contribution in [2.24, 2.45) is 11.7 Å². The zero-order valence-corrected chi connectivity index (χ0v) is 13.9. The Kier molecular flexibility index (Phi) is 5.26. The molecule has 0 radical (unpaired) electrons. The number of carbonyl (C=O) groups is 1. The SMILES string of the molecule is N#Cc1ccc(NC[C@@H]2CCN([C@@H](C(N)=O)c3ccccc3)C2)nc1. The average molecular weight is 335 g/mol. The summed E-state index contributed by atoms with van der Waals surface area (Å²) in [7, 11) is 0. The number of hydrogen-bond donors (Lipinski definition) is 2. The van der Waals surface area contributed by atoms with Crippen molar-refractivity contribution in [3.8, 4) is 6.07 Å². The second-order valence-corrected chi connectivity index (χ2v) is 6.29. The van der Waals surface area contributed by atoms with Crippen LogP contribution in [-0.4, -0.2) is 35.4 Å². The molecule has 1 amide bonds. The molecular formula is C19H21N5O. The number of aromatic nitrogens is 1. The molecule has 1 fully saturated rings. The van der Waals surface area contributed by atoms with Gasteiger partial charge in [-0.25, -0.2) is 4.98 Å². The van der Waals surface area contributed by atoms with E-state index in [9.17, 15) is 4.79 Å². The number of hydrogen-bond acceptors (Lipinski definition) is 5. The van der Waals surface area contributed by atoms with Crippen molar-refractivity contribution >= 4 is 11.7 Å². The molecule has 0 saturated carbocycles. The van der Waals surface area contributed by atoms with E-state index in [1.165, 1.54) is 0 Å². The predicted molar refractivity (Wildman–Crippen MR) is 95.5 cm³/mol. The average Bonchev–Trinajstić information content (AvgIpc) is 3.09. The van der Waals surface area contributed by atoms with Crippen molar-refractivity contribution < 1.29 is 4.79 Å². The standard InChI is InChI=1S/C19H21N5O/c20-10-14-6-7-17(22-11-14)23-12-15-8-9-24(13-15)18(19(21)25)16-4-2-1-3-5-16/h1-7,11,15,18H,8-9,12-13H2,(H2,21,25)(H,22,23)/t15-,18+/m0/s1. The smallest absolute Gasteiger partial charge is 0.239 e. The van der Waals surface area contributed by atoms with Gasteiger partial charge in [-0.05, 0) is 36.6 Å². The third-order valence-electron chi connectivity index (χ3n) is 4.53. The number of likely N-dealkylation sites (tertiary alicyclic amines) is 1. The van der Waals surface area contributed by atoms with Crippen LogP contribution in [0.2, 0.25) is 0 Å². The highest BCUT2D eigenvalue weighted by molar-refractivity contribution is 5.81. The van der Waals surface area contributed by atoms with Gasteiger partial charge in [0.05, 0.1) is 5.56 Å². The summed E-state index contributed by atoms with van der Waals surface area (Å²) in [5.74, 6) is 0.864. The summed E-state index contributed by atoms with van der Waals surface area (Å²) in [5.41, 5.74) is 7.14. The van der Waals surface area contributed by atoms with E-state index < -0.39 is 0 Å². The molecular weight excluding hydrogens is 314 g/mol. The van der Waals surface area contributed by atoms with Crippen molar-refractivity contribution in [2.75, 3.05) is 25.0 Å². The quantitative estimate of drug-likeness (QED) is 0.841. The van der Waals surface area contributed by atoms with Gasteiger partial charge in [-0.15, -0.1) is 0 Å². The molecule has 1 aromatic carbocycles. The highest BCUT2D eigenvalue weighted by Crippen LogP contribution is 2.27. The number of nitriles is 1. The topological polar surface area (TPSA) is 95.0 Å². The number of nitrogens with two attached hydrogens (primary N) is 1. The Labute approximate surface area is 147 Å². The van der Waals surface area contributed by atoms with E-state index in [4.69, 9.17) is 11.0 Å². The van der Waals surface area contributed by atoms with Gasteiger partial charge in [0.2, 0.25) is 5.91 Å². The lowest BCUT2D eigenvalue weighted by Gasteiger charge is -2.25. The van der Waals surface area contributed by atoms with Crippen LogP contribution in [0.1, 0.15) is 23.6 Å². The highest BCUT2D eigenvalue weighted by atomic mass is 16.1. The minimum atomic E-state index is -0.376. The number of amides is 1. The molecule has 3 rings (SSSR count). The molecule has 2 aromatic rings. The molecule has 1 aliphatic rings. The summed E-state index contributed by atoms with van der Waals surface area (Å²) in [6, 6.07) is 14.9. The van der Waals surface area contributed by atoms with Gasteiger partial charge in [0.25, 0.3) is 0 Å². The largest absolute Gasteiger partial charge is 0.370 e. The molecule has 128 valence electrons. The minimum absolute atomic E-state index is 0.312. The van der Waals surface area contributed by atoms with Crippen LogP contribution in [0.4, 0.5) is 5.82 Å². The number of carbonyl (C=O) groups excluding carboxylic acids is 1. The van der Waals surface area contributed by atoms with Crippen LogP contribution < -0.4 is 11.1 Å². The van der Waals surface area contributed by atoms with E-state index in [0.717, 1.165) is 37.4 Å². The van der Waals surface area contributed by atoms with Crippen molar-refractivity contribution in [1.29, 1.82) is 5.26 Å². The second kappa shape index (κ2) is 7.77. The molecule has 0 spiro atoms. The molecule has 1 aromatic heterocycles. The van der Waals surface area contributed by atoms with Crippen LogP contribution in [0, 0.1) is 17.2 Å². The molecule has 0 bridgehead atoms. The molecule has 0 aliphatic carbocycles. The van der Waals surface area contributed by atoms with Crippen molar-refractivity contribution in [3.63, 3.8) is 0 Å². The number of nitrogens with zero attached hydrogens (tertiary/aromatic N) is 3. The molecule has 6 heteroatoms. The van der Waals surface area contributed by atoms with Gasteiger partial charge >= 0.3 is 0 Å². The Balaban J connectivity index is 1.58. The molecule has 0 unspecified atom stereocenters. The number of benzene rings is 1. The zero-order valence-electron chi connectivity index (χ0n) is 13.9. The van der Waals surface area contributed by atoms with E-state index in [-0.39, 0.29) is 11.9 Å². The van der Waals surface area contributed by atoms with Gasteiger partial charge in [0.15, 0.2) is 0 Å². The third-order valence-corrected chi connectivity index (χ3v) is 4.53. The Hall–Kier alpha value is -2.91. The number of primary amides is 1. The first-order chi connectivity index (χ1) is 12.2. The number of anilines is 1. The fourth-order valence-electron chi connectivity index (χ4n) is 3.27. The van der Waals surface area contributed by atoms with Gasteiger partial charge in [-0.2, -0.15) is 5.26 Å². The van der Waals surface area contributed by atoms with Crippen LogP contribution in [0.15, 0.2) is 48.7 Å². The molecule has 1 saturated heterocycles. The van der Waals surface area contributed by atoms with E-state index in [1.807, 2.05) is 30.3 Å². The maximum atomic E-state index is 12.0. The van der Waals surface area contributed by atoms with E-state index in [2.05, 4.69) is 21.3 Å². The van der Waals surface area contributed by atoms with Gasteiger partial charge in [0.1, 0.15) is 17.9 Å². The summed E-state index contributed by atoms with van der Waals surface area (Å²) >= 11 is 0. The fraction of sp³-hybridized carbons (Fsp3) is 0.316. The Morgan fingerprint density at radius 2 is 2.16 bits per heavy atom. The molecule has 2 atom stereocenters. The van der Waals surface area contributed by atoms with Crippen LogP contribution in [0.3, 0.4) is 0 Å². The summed E-state index contributed by atoms with van der Waals surface area (Å²) < 4.78 is 0. The molecule has 2 heterocycles. The second-order valence-electron chi connectivity index (χ2n) is 6.29. The van der Waals surface area contributed by atoms with Crippen LogP contribution in [0.25, 0.3) is 0 Å². The maximum Gasteiger partial charge on any atom is 0.239 e. The predicted octanol–water partition coefficient (Wildman–Crippen LogP) is 1.91. The van der Waals surface area contributed by atoms with E-state index >= 15 is 0 Å². The molecule has 1 aliphatic heterocycles. The lowest BCUT2D eigenvalue weighted by molar-refractivity contribution is -0.123. The van der Waals surface area contributed by atoms with E-state index in [1.54, 1.807) is 18.3 Å². The van der Waals surface area contributed by atoms with Gasteiger partial charge in [0, 0.05) is 19.3 Å². The monoisotopic (exact) mass is 335 g/mol. The molecule has 25 heavy (non-hydrogen) atoms. The maximum absolute atomic E-state index is 12.0. The number of rotatable bonds is 6. The normalized spacial score (nSPS) is 18.4. The first-order valence-electron chi connectivity index (χ1n) is 8.35. The van der Waals surface area contributed by atoms with Crippen molar-refractivity contribution in [2.45, 2.75) is 12.5 Å². The summed E-state index contributed by atoms with van der Waals surface area (Å²) in [5, 5.41) is 12.1.